The standard InChI is InChI=1S/C27H31NO5/c1-4-5-6-21(27(32)33-15(3)24(29)16-9-7-14(2)8-10-16)28-25(30)22-17-11-12-18(20-13-19(17)20)23(22)26(28)31/h7-12,15,17-23H,4-6,13H2,1-3H3/t15-,17+,18+,19+,20+,21-,22-,23-/m1/s1. The van der Waals surface area contributed by atoms with Crippen LogP contribution in [0.3, 0.4) is 0 Å². The van der Waals surface area contributed by atoms with Crippen LogP contribution in [0.25, 0.3) is 0 Å². The van der Waals surface area contributed by atoms with Gasteiger partial charge in [0.15, 0.2) is 6.10 Å². The molecule has 1 aliphatic heterocycles. The number of unbranched alkanes of at least 4 members (excludes halogenated alkanes) is 1. The van der Waals surface area contributed by atoms with Crippen LogP contribution in [0, 0.1) is 42.4 Å². The first-order chi connectivity index (χ1) is 15.8. The van der Waals surface area contributed by atoms with Crippen LogP contribution in [0.5, 0.6) is 0 Å². The number of esters is 1. The predicted octanol–water partition coefficient (Wildman–Crippen LogP) is 3.72. The number of carbonyl (C=O) groups excluding carboxylic acids is 4. The van der Waals surface area contributed by atoms with Gasteiger partial charge in [-0.05, 0) is 50.4 Å². The van der Waals surface area contributed by atoms with Gasteiger partial charge in [-0.15, -0.1) is 0 Å². The first-order valence-electron chi connectivity index (χ1n) is 12.2. The number of likely N-dealkylation sites (tertiary alicyclic amines) is 1. The second-order valence-corrected chi connectivity index (χ2v) is 10.2. The van der Waals surface area contributed by atoms with E-state index in [0.29, 0.717) is 30.2 Å². The van der Waals surface area contributed by atoms with Gasteiger partial charge in [-0.25, -0.2) is 4.79 Å². The van der Waals surface area contributed by atoms with Crippen molar-refractivity contribution in [1.29, 1.82) is 0 Å². The molecule has 1 heterocycles. The second-order valence-electron chi connectivity index (χ2n) is 10.2. The summed E-state index contributed by atoms with van der Waals surface area (Å²) < 4.78 is 5.57. The van der Waals surface area contributed by atoms with Gasteiger partial charge in [-0.1, -0.05) is 61.7 Å². The van der Waals surface area contributed by atoms with Gasteiger partial charge >= 0.3 is 5.97 Å². The Balaban J connectivity index is 1.35. The van der Waals surface area contributed by atoms with Crippen molar-refractivity contribution in [3.05, 3.63) is 47.5 Å². The van der Waals surface area contributed by atoms with Gasteiger partial charge in [0.1, 0.15) is 6.04 Å². The van der Waals surface area contributed by atoms with Crippen molar-refractivity contribution in [3.8, 4) is 0 Å². The smallest absolute Gasteiger partial charge is 0.330 e. The lowest BCUT2D eigenvalue weighted by Crippen LogP contribution is -2.47. The number of ether oxygens (including phenoxy) is 1. The van der Waals surface area contributed by atoms with Crippen LogP contribution in [0.2, 0.25) is 0 Å². The first-order valence-corrected chi connectivity index (χ1v) is 12.2. The first kappa shape index (κ1) is 22.1. The van der Waals surface area contributed by atoms with Gasteiger partial charge in [0.25, 0.3) is 0 Å². The number of allylic oxidation sites excluding steroid dienone is 2. The molecule has 6 heteroatoms. The highest BCUT2D eigenvalue weighted by Gasteiger charge is 2.68. The Morgan fingerprint density at radius 2 is 1.61 bits per heavy atom. The molecule has 2 bridgehead atoms. The van der Waals surface area contributed by atoms with Crippen LogP contribution in [-0.4, -0.2) is 40.6 Å². The Morgan fingerprint density at radius 3 is 2.15 bits per heavy atom. The van der Waals surface area contributed by atoms with E-state index in [4.69, 9.17) is 4.74 Å². The average Bonchev–Trinajstić information content (AvgIpc) is 3.59. The molecule has 1 aromatic carbocycles. The molecule has 1 aromatic rings. The molecule has 174 valence electrons. The molecule has 0 unspecified atom stereocenters. The number of carbonyl (C=O) groups is 4. The summed E-state index contributed by atoms with van der Waals surface area (Å²) in [7, 11) is 0. The zero-order chi connectivity index (χ0) is 23.4. The van der Waals surface area contributed by atoms with Crippen LogP contribution in [-0.2, 0) is 19.1 Å². The Hall–Kier alpha value is -2.76. The molecule has 6 rings (SSSR count). The van der Waals surface area contributed by atoms with Crippen molar-refractivity contribution < 1.29 is 23.9 Å². The number of aryl methyl sites for hydroxylation is 1. The number of benzene rings is 1. The van der Waals surface area contributed by atoms with Crippen LogP contribution in [0.4, 0.5) is 0 Å². The van der Waals surface area contributed by atoms with Gasteiger partial charge in [0.05, 0.1) is 11.8 Å². The molecule has 2 amide bonds. The Morgan fingerprint density at radius 1 is 1.03 bits per heavy atom. The van der Waals surface area contributed by atoms with E-state index in [9.17, 15) is 19.2 Å². The number of hydrogen-bond acceptors (Lipinski definition) is 5. The monoisotopic (exact) mass is 449 g/mol. The zero-order valence-electron chi connectivity index (χ0n) is 19.4. The molecule has 2 saturated carbocycles. The van der Waals surface area contributed by atoms with E-state index >= 15 is 0 Å². The van der Waals surface area contributed by atoms with Gasteiger partial charge in [0, 0.05) is 5.56 Å². The van der Waals surface area contributed by atoms with E-state index in [1.807, 2.05) is 26.0 Å². The molecule has 0 radical (unpaired) electrons. The SMILES string of the molecule is CCCC[C@H](C(=O)O[C@H](C)C(=O)c1ccc(C)cc1)N1C(=O)[C@@H]2[C@H]3C=C[C@@H]([C@@H]4C[C@@H]34)[C@H]2C1=O. The lowest BCUT2D eigenvalue weighted by molar-refractivity contribution is -0.161. The molecule has 0 N–H and O–H groups in total. The number of rotatable bonds is 8. The average molecular weight is 450 g/mol. The third kappa shape index (κ3) is 3.54. The summed E-state index contributed by atoms with van der Waals surface area (Å²) in [4.78, 5) is 54.2. The van der Waals surface area contributed by atoms with Crippen LogP contribution in [0.15, 0.2) is 36.4 Å². The highest BCUT2D eigenvalue weighted by atomic mass is 16.5. The van der Waals surface area contributed by atoms with E-state index in [1.54, 1.807) is 19.1 Å². The number of hydrogen-bond donors (Lipinski definition) is 0. The fourth-order valence-electron chi connectivity index (χ4n) is 6.30. The molecule has 0 aromatic heterocycles. The van der Waals surface area contributed by atoms with Crippen molar-refractivity contribution >= 4 is 23.6 Å². The van der Waals surface area contributed by atoms with E-state index in [1.165, 1.54) is 4.90 Å². The van der Waals surface area contributed by atoms with Gasteiger partial charge in [0.2, 0.25) is 17.6 Å². The van der Waals surface area contributed by atoms with Crippen molar-refractivity contribution in [2.45, 2.75) is 58.6 Å². The van der Waals surface area contributed by atoms with Gasteiger partial charge in [-0.2, -0.15) is 0 Å². The Labute approximate surface area is 194 Å². The minimum Gasteiger partial charge on any atom is -0.453 e. The molecule has 33 heavy (non-hydrogen) atoms. The summed E-state index contributed by atoms with van der Waals surface area (Å²) in [6.07, 6.45) is 6.20. The van der Waals surface area contributed by atoms with Gasteiger partial charge in [-0.3, -0.25) is 19.3 Å². The third-order valence-corrected chi connectivity index (χ3v) is 8.11. The summed E-state index contributed by atoms with van der Waals surface area (Å²) in [6, 6.07) is 6.12. The molecule has 6 nitrogen and oxygen atoms in total. The molecular weight excluding hydrogens is 418 g/mol. The summed E-state index contributed by atoms with van der Waals surface area (Å²) in [5.74, 6) is -0.894. The molecule has 3 fully saturated rings. The normalized spacial score (nSPS) is 32.9. The number of nitrogens with zero attached hydrogens (tertiary/aromatic N) is 1. The molecule has 0 spiro atoms. The zero-order valence-corrected chi connectivity index (χ0v) is 19.4. The van der Waals surface area contributed by atoms with E-state index in [0.717, 1.165) is 18.4 Å². The van der Waals surface area contributed by atoms with E-state index < -0.39 is 18.1 Å². The number of Topliss-reactive ketones (excluding diaryl/α,β-unsaturated/α-hetero) is 1. The Kier molecular flexibility index (Phi) is 5.50. The highest BCUT2D eigenvalue weighted by Crippen LogP contribution is 2.65. The summed E-state index contributed by atoms with van der Waals surface area (Å²) >= 11 is 0. The maximum Gasteiger partial charge on any atom is 0.330 e. The van der Waals surface area contributed by atoms with Crippen molar-refractivity contribution in [2.75, 3.05) is 0 Å². The predicted molar refractivity (Wildman–Crippen MR) is 121 cm³/mol. The number of amides is 2. The van der Waals surface area contributed by atoms with E-state index in [2.05, 4.69) is 12.2 Å². The van der Waals surface area contributed by atoms with Crippen molar-refractivity contribution in [3.63, 3.8) is 0 Å². The summed E-state index contributed by atoms with van der Waals surface area (Å²) in [5.41, 5.74) is 1.50. The van der Waals surface area contributed by atoms with Crippen LogP contribution in [0.1, 0.15) is 55.5 Å². The molecule has 1 saturated heterocycles. The van der Waals surface area contributed by atoms with Crippen molar-refractivity contribution in [1.82, 2.24) is 4.90 Å². The second kappa shape index (κ2) is 8.23. The fourth-order valence-corrected chi connectivity index (χ4v) is 6.30. The lowest BCUT2D eigenvalue weighted by Gasteiger charge is -2.37. The molecule has 8 atom stereocenters. The van der Waals surface area contributed by atoms with Crippen LogP contribution < -0.4 is 0 Å². The minimum atomic E-state index is -0.995. The highest BCUT2D eigenvalue weighted by molar-refractivity contribution is 6.09. The Bertz CT molecular complexity index is 991. The topological polar surface area (TPSA) is 80.8 Å². The summed E-state index contributed by atoms with van der Waals surface area (Å²) in [5, 5.41) is 0. The van der Waals surface area contributed by atoms with E-state index in [-0.39, 0.29) is 41.3 Å². The quantitative estimate of drug-likeness (QED) is 0.262. The molecular formula is C27H31NO5. The minimum absolute atomic E-state index is 0.108. The van der Waals surface area contributed by atoms with Crippen molar-refractivity contribution in [2.24, 2.45) is 35.5 Å². The maximum atomic E-state index is 13.5. The fraction of sp³-hybridized carbons (Fsp3) is 0.556. The van der Waals surface area contributed by atoms with Crippen LogP contribution >= 0.6 is 0 Å². The number of imide groups is 1. The number of ketones is 1. The van der Waals surface area contributed by atoms with Gasteiger partial charge < -0.3 is 4.74 Å². The maximum absolute atomic E-state index is 13.5. The molecule has 4 aliphatic carbocycles. The largest absolute Gasteiger partial charge is 0.453 e. The summed E-state index contributed by atoms with van der Waals surface area (Å²) in [6.45, 7) is 5.47. The lowest BCUT2D eigenvalue weighted by atomic mass is 9.63. The molecule has 5 aliphatic rings. The third-order valence-electron chi connectivity index (χ3n) is 8.11.